The van der Waals surface area contributed by atoms with E-state index in [1.54, 1.807) is 11.4 Å². The van der Waals surface area contributed by atoms with Gasteiger partial charge in [-0.3, -0.25) is 9.59 Å². The molecule has 1 aromatic heterocycles. The Hall–Kier alpha value is -1.87. The number of hydrogen-bond donors (Lipinski definition) is 2. The van der Waals surface area contributed by atoms with Gasteiger partial charge in [0.1, 0.15) is 11.1 Å². The van der Waals surface area contributed by atoms with E-state index < -0.39 is 17.3 Å². The molecule has 0 unspecified atom stereocenters. The van der Waals surface area contributed by atoms with Crippen molar-refractivity contribution in [3.63, 3.8) is 0 Å². The summed E-state index contributed by atoms with van der Waals surface area (Å²) >= 11 is 1.23. The molecule has 0 aliphatic rings. The van der Waals surface area contributed by atoms with E-state index in [2.05, 4.69) is 5.32 Å². The molecule has 90 valence electrons. The van der Waals surface area contributed by atoms with Crippen LogP contribution in [0.25, 0.3) is 0 Å². The monoisotopic (exact) mass is 252 g/mol. The average Bonchev–Trinajstić information content (AvgIpc) is 2.63. The second-order valence-corrected chi connectivity index (χ2v) is 5.11. The van der Waals surface area contributed by atoms with Crippen molar-refractivity contribution in [2.24, 2.45) is 5.41 Å². The Labute approximate surface area is 103 Å². The first-order chi connectivity index (χ1) is 7.86. The second kappa shape index (κ2) is 4.97. The number of nitriles is 1. The van der Waals surface area contributed by atoms with Crippen LogP contribution in [0.1, 0.15) is 25.8 Å². The molecule has 0 spiro atoms. The lowest BCUT2D eigenvalue weighted by Gasteiger charge is -2.17. The minimum atomic E-state index is -1.12. The molecule has 0 radical (unpaired) electrons. The summed E-state index contributed by atoms with van der Waals surface area (Å²) in [4.78, 5) is 22.5. The summed E-state index contributed by atoms with van der Waals surface area (Å²) < 4.78 is 0. The van der Waals surface area contributed by atoms with Crippen LogP contribution in [0.15, 0.2) is 11.4 Å². The highest BCUT2D eigenvalue weighted by molar-refractivity contribution is 7.14. The molecule has 0 saturated carbocycles. The van der Waals surface area contributed by atoms with Gasteiger partial charge in [-0.15, -0.1) is 11.3 Å². The Balaban J connectivity index is 2.69. The van der Waals surface area contributed by atoms with Crippen LogP contribution in [0.4, 0.5) is 5.00 Å². The van der Waals surface area contributed by atoms with Crippen LogP contribution in [-0.4, -0.2) is 17.0 Å². The zero-order valence-electron chi connectivity index (χ0n) is 9.48. The van der Waals surface area contributed by atoms with Crippen molar-refractivity contribution < 1.29 is 14.7 Å². The molecule has 0 bridgehead atoms. The molecule has 1 aromatic rings. The van der Waals surface area contributed by atoms with Gasteiger partial charge in [-0.25, -0.2) is 0 Å². The highest BCUT2D eigenvalue weighted by atomic mass is 32.1. The first-order valence-electron chi connectivity index (χ1n) is 4.87. The third kappa shape index (κ3) is 3.29. The molecular formula is C11H12N2O3S. The quantitative estimate of drug-likeness (QED) is 0.858. The van der Waals surface area contributed by atoms with Gasteiger partial charge in [-0.2, -0.15) is 5.26 Å². The SMILES string of the molecule is CC(C)(CC(=O)Nc1sccc1C#N)C(=O)O. The molecule has 17 heavy (non-hydrogen) atoms. The Morgan fingerprint density at radius 3 is 2.76 bits per heavy atom. The summed E-state index contributed by atoms with van der Waals surface area (Å²) in [5.41, 5.74) is -0.731. The zero-order valence-corrected chi connectivity index (χ0v) is 10.3. The lowest BCUT2D eigenvalue weighted by Crippen LogP contribution is -2.29. The molecule has 2 N–H and O–H groups in total. The highest BCUT2D eigenvalue weighted by Crippen LogP contribution is 2.25. The normalized spacial score (nSPS) is 10.6. The molecule has 1 amide bonds. The number of carbonyl (C=O) groups is 2. The van der Waals surface area contributed by atoms with E-state index in [1.807, 2.05) is 6.07 Å². The van der Waals surface area contributed by atoms with Gasteiger partial charge in [0.25, 0.3) is 0 Å². The van der Waals surface area contributed by atoms with Crippen molar-refractivity contribution in [3.05, 3.63) is 17.0 Å². The zero-order chi connectivity index (χ0) is 13.1. The number of nitrogens with zero attached hydrogens (tertiary/aromatic N) is 1. The van der Waals surface area contributed by atoms with Crippen LogP contribution < -0.4 is 5.32 Å². The van der Waals surface area contributed by atoms with Crippen molar-refractivity contribution in [1.82, 2.24) is 0 Å². The van der Waals surface area contributed by atoms with Gasteiger partial charge < -0.3 is 10.4 Å². The number of rotatable bonds is 4. The van der Waals surface area contributed by atoms with Crippen molar-refractivity contribution in [2.45, 2.75) is 20.3 Å². The summed E-state index contributed by atoms with van der Waals surface area (Å²) in [7, 11) is 0. The summed E-state index contributed by atoms with van der Waals surface area (Å²) in [6, 6.07) is 3.55. The van der Waals surface area contributed by atoms with Crippen LogP contribution in [-0.2, 0) is 9.59 Å². The lowest BCUT2D eigenvalue weighted by molar-refractivity contribution is -0.148. The van der Waals surface area contributed by atoms with Crippen molar-refractivity contribution in [1.29, 1.82) is 5.26 Å². The maximum Gasteiger partial charge on any atom is 0.309 e. The number of carboxylic acid groups (broad SMARTS) is 1. The molecule has 1 rings (SSSR count). The van der Waals surface area contributed by atoms with Crippen molar-refractivity contribution >= 4 is 28.2 Å². The van der Waals surface area contributed by atoms with Gasteiger partial charge in [0, 0.05) is 6.42 Å². The minimum absolute atomic E-state index is 0.134. The number of thiophene rings is 1. The van der Waals surface area contributed by atoms with Gasteiger partial charge in [-0.05, 0) is 25.3 Å². The van der Waals surface area contributed by atoms with Crippen LogP contribution in [0.3, 0.4) is 0 Å². The number of amides is 1. The Morgan fingerprint density at radius 1 is 1.59 bits per heavy atom. The van der Waals surface area contributed by atoms with Gasteiger partial charge in [0.15, 0.2) is 0 Å². The minimum Gasteiger partial charge on any atom is -0.481 e. The second-order valence-electron chi connectivity index (χ2n) is 4.19. The molecule has 0 aromatic carbocycles. The Kier molecular flexibility index (Phi) is 3.86. The van der Waals surface area contributed by atoms with E-state index in [-0.39, 0.29) is 6.42 Å². The van der Waals surface area contributed by atoms with Gasteiger partial charge in [0.2, 0.25) is 5.91 Å². The summed E-state index contributed by atoms with van der Waals surface area (Å²) in [6.45, 7) is 2.96. The fourth-order valence-corrected chi connectivity index (χ4v) is 1.90. The van der Waals surface area contributed by atoms with Crippen LogP contribution in [0.5, 0.6) is 0 Å². The lowest BCUT2D eigenvalue weighted by atomic mass is 9.89. The first-order valence-corrected chi connectivity index (χ1v) is 5.75. The largest absolute Gasteiger partial charge is 0.481 e. The molecule has 1 heterocycles. The van der Waals surface area contributed by atoms with E-state index in [4.69, 9.17) is 10.4 Å². The van der Waals surface area contributed by atoms with E-state index in [9.17, 15) is 9.59 Å². The van der Waals surface area contributed by atoms with Gasteiger partial charge in [-0.1, -0.05) is 0 Å². The predicted octanol–water partition coefficient (Wildman–Crippen LogP) is 2.06. The first kappa shape index (κ1) is 13.2. The molecule has 0 aliphatic heterocycles. The standard InChI is InChI=1S/C11H12N2O3S/c1-11(2,10(15)16)5-8(14)13-9-7(6-12)3-4-17-9/h3-4H,5H2,1-2H3,(H,13,14)(H,15,16). The number of aliphatic carboxylic acids is 1. The number of nitrogens with one attached hydrogen (secondary N) is 1. The summed E-state index contributed by atoms with van der Waals surface area (Å²) in [5.74, 6) is -1.43. The van der Waals surface area contributed by atoms with E-state index in [0.717, 1.165) is 0 Å². The Bertz CT molecular complexity index is 485. The fourth-order valence-electron chi connectivity index (χ4n) is 1.14. The smallest absolute Gasteiger partial charge is 0.309 e. The molecule has 0 aliphatic carbocycles. The number of carboxylic acids is 1. The topological polar surface area (TPSA) is 90.2 Å². The van der Waals surface area contributed by atoms with Crippen LogP contribution >= 0.6 is 11.3 Å². The molecule has 0 saturated heterocycles. The molecular weight excluding hydrogens is 240 g/mol. The number of anilines is 1. The van der Waals surface area contributed by atoms with E-state index >= 15 is 0 Å². The average molecular weight is 252 g/mol. The maximum atomic E-state index is 11.6. The van der Waals surface area contributed by atoms with Crippen molar-refractivity contribution in [3.8, 4) is 6.07 Å². The maximum absolute atomic E-state index is 11.6. The number of carbonyl (C=O) groups excluding carboxylic acids is 1. The molecule has 0 fully saturated rings. The predicted molar refractivity (Wildman–Crippen MR) is 63.7 cm³/mol. The third-order valence-electron chi connectivity index (χ3n) is 2.22. The van der Waals surface area contributed by atoms with E-state index in [0.29, 0.717) is 10.6 Å². The third-order valence-corrected chi connectivity index (χ3v) is 3.05. The highest BCUT2D eigenvalue weighted by Gasteiger charge is 2.30. The van der Waals surface area contributed by atoms with Crippen molar-refractivity contribution in [2.75, 3.05) is 5.32 Å². The molecule has 0 atom stereocenters. The van der Waals surface area contributed by atoms with Crippen LogP contribution in [0.2, 0.25) is 0 Å². The fraction of sp³-hybridized carbons (Fsp3) is 0.364. The van der Waals surface area contributed by atoms with E-state index in [1.165, 1.54) is 25.2 Å². The molecule has 5 nitrogen and oxygen atoms in total. The van der Waals surface area contributed by atoms with Gasteiger partial charge in [0.05, 0.1) is 11.0 Å². The van der Waals surface area contributed by atoms with Gasteiger partial charge >= 0.3 is 5.97 Å². The summed E-state index contributed by atoms with van der Waals surface area (Å²) in [5, 5.41) is 22.3. The molecule has 6 heteroatoms. The van der Waals surface area contributed by atoms with Crippen LogP contribution in [0, 0.1) is 16.7 Å². The number of hydrogen-bond acceptors (Lipinski definition) is 4. The Morgan fingerprint density at radius 2 is 2.24 bits per heavy atom. The summed E-state index contributed by atoms with van der Waals surface area (Å²) in [6.07, 6.45) is -0.134.